The number of aryl methyl sites for hydroxylation is 2. The molecule has 0 aliphatic heterocycles. The number of anilines is 4. The minimum Gasteiger partial charge on any atom is -0.340 e. The summed E-state index contributed by atoms with van der Waals surface area (Å²) in [7, 11) is -6.74. The second-order valence-corrected chi connectivity index (χ2v) is 13.2. The number of sulfone groups is 1. The Bertz CT molecular complexity index is 1470. The Morgan fingerprint density at radius 2 is 1.65 bits per heavy atom. The van der Waals surface area contributed by atoms with Gasteiger partial charge in [0.2, 0.25) is 16.0 Å². The van der Waals surface area contributed by atoms with Crippen LogP contribution in [-0.4, -0.2) is 44.4 Å². The minimum absolute atomic E-state index is 0.0424. The van der Waals surface area contributed by atoms with Crippen molar-refractivity contribution in [1.29, 1.82) is 0 Å². The highest BCUT2D eigenvalue weighted by atomic mass is 32.2. The number of benzene rings is 2. The first kappa shape index (κ1) is 27.0. The van der Waals surface area contributed by atoms with Crippen LogP contribution in [0.15, 0.2) is 53.6 Å². The molecular weight excluding hydrogens is 512 g/mol. The number of rotatable bonds is 12. The fourth-order valence-electron chi connectivity index (χ4n) is 3.81. The van der Waals surface area contributed by atoms with Gasteiger partial charge in [0.1, 0.15) is 5.82 Å². The average molecular weight is 545 g/mol. The summed E-state index contributed by atoms with van der Waals surface area (Å²) in [5.74, 6) is 1.17. The summed E-state index contributed by atoms with van der Waals surface area (Å²) < 4.78 is 47.5. The van der Waals surface area contributed by atoms with E-state index in [9.17, 15) is 16.8 Å². The van der Waals surface area contributed by atoms with Crippen molar-refractivity contribution in [1.82, 2.24) is 15.3 Å². The van der Waals surface area contributed by atoms with Crippen molar-refractivity contribution in [2.45, 2.75) is 49.8 Å². The number of primary sulfonamides is 1. The lowest BCUT2D eigenvalue weighted by Gasteiger charge is -2.13. The zero-order valence-corrected chi connectivity index (χ0v) is 22.5. The summed E-state index contributed by atoms with van der Waals surface area (Å²) in [5, 5.41) is 14.8. The Balaban J connectivity index is 1.33. The molecule has 1 saturated carbocycles. The maximum Gasteiger partial charge on any atom is 0.238 e. The normalized spacial score (nSPS) is 13.9. The molecule has 1 aromatic heterocycles. The fraction of sp³-hybridized carbons (Fsp3) is 0.360. The van der Waals surface area contributed by atoms with Gasteiger partial charge in [-0.05, 0) is 75.0 Å². The van der Waals surface area contributed by atoms with Crippen LogP contribution in [0.5, 0.6) is 0 Å². The Kier molecular flexibility index (Phi) is 8.12. The first-order valence-corrected chi connectivity index (χ1v) is 15.3. The molecule has 1 heterocycles. The van der Waals surface area contributed by atoms with Gasteiger partial charge >= 0.3 is 0 Å². The largest absolute Gasteiger partial charge is 0.340 e. The van der Waals surface area contributed by atoms with Gasteiger partial charge in [0.25, 0.3) is 0 Å². The zero-order valence-electron chi connectivity index (χ0n) is 20.9. The first-order chi connectivity index (χ1) is 17.5. The smallest absolute Gasteiger partial charge is 0.238 e. The topological polar surface area (TPSA) is 156 Å². The summed E-state index contributed by atoms with van der Waals surface area (Å²) in [6, 6.07) is 12.7. The van der Waals surface area contributed by atoms with Crippen molar-refractivity contribution in [2.24, 2.45) is 5.14 Å². The fourth-order valence-corrected chi connectivity index (χ4v) is 6.35. The van der Waals surface area contributed by atoms with Gasteiger partial charge in [-0.2, -0.15) is 4.98 Å². The maximum atomic E-state index is 11.9. The molecule has 0 unspecified atom stereocenters. The van der Waals surface area contributed by atoms with Gasteiger partial charge in [-0.15, -0.1) is 0 Å². The number of sulfonamides is 1. The number of nitrogens with two attached hydrogens (primary N) is 1. The molecule has 0 radical (unpaired) electrons. The molecule has 1 aliphatic rings. The van der Waals surface area contributed by atoms with Crippen LogP contribution in [0.2, 0.25) is 0 Å². The Labute approximate surface area is 218 Å². The minimum atomic E-state index is -3.85. The predicted octanol–water partition coefficient (Wildman–Crippen LogP) is 3.28. The number of nitrogens with one attached hydrogen (secondary N) is 3. The molecule has 5 N–H and O–H groups in total. The van der Waals surface area contributed by atoms with Gasteiger partial charge in [-0.3, -0.25) is 0 Å². The van der Waals surface area contributed by atoms with Crippen molar-refractivity contribution in [3.05, 3.63) is 65.4 Å². The molecule has 0 spiro atoms. The van der Waals surface area contributed by atoms with Crippen LogP contribution in [0.4, 0.5) is 23.1 Å². The maximum absolute atomic E-state index is 11.9. The summed E-state index contributed by atoms with van der Waals surface area (Å²) in [6.45, 7) is 4.87. The van der Waals surface area contributed by atoms with Crippen LogP contribution >= 0.6 is 0 Å². The Morgan fingerprint density at radius 1 is 0.946 bits per heavy atom. The van der Waals surface area contributed by atoms with Crippen LogP contribution < -0.4 is 21.1 Å². The van der Waals surface area contributed by atoms with Gasteiger partial charge in [0, 0.05) is 29.7 Å². The lowest BCUT2D eigenvalue weighted by atomic mass is 10.2. The molecule has 12 heteroatoms. The highest BCUT2D eigenvalue weighted by Gasteiger charge is 2.34. The van der Waals surface area contributed by atoms with E-state index in [4.69, 9.17) is 5.14 Å². The Hall–Kier alpha value is -3.06. The molecule has 2 aromatic carbocycles. The van der Waals surface area contributed by atoms with E-state index in [1.165, 1.54) is 6.07 Å². The lowest BCUT2D eigenvalue weighted by molar-refractivity contribution is 0.587. The van der Waals surface area contributed by atoms with E-state index < -0.39 is 19.9 Å². The molecule has 0 saturated heterocycles. The van der Waals surface area contributed by atoms with Gasteiger partial charge in [-0.1, -0.05) is 18.2 Å². The third kappa shape index (κ3) is 7.48. The van der Waals surface area contributed by atoms with Crippen molar-refractivity contribution in [3.63, 3.8) is 0 Å². The number of hydrogen-bond acceptors (Lipinski definition) is 9. The van der Waals surface area contributed by atoms with Crippen LogP contribution in [0.25, 0.3) is 0 Å². The highest BCUT2D eigenvalue weighted by Crippen LogP contribution is 2.29. The molecule has 1 aliphatic carbocycles. The van der Waals surface area contributed by atoms with Crippen LogP contribution in [-0.2, 0) is 26.4 Å². The Morgan fingerprint density at radius 3 is 2.32 bits per heavy atom. The zero-order chi connectivity index (χ0) is 26.6. The molecule has 10 nitrogen and oxygen atoms in total. The SMILES string of the molecule is Cc1ccc(Nc2ncc(C)c(Nc3ccc(CNCCCS(=O)(=O)C4CC4)cc3)n2)cc1S(N)(=O)=O. The third-order valence-corrected chi connectivity index (χ3v) is 9.48. The number of aromatic nitrogens is 2. The van der Waals surface area contributed by atoms with Crippen molar-refractivity contribution < 1.29 is 16.8 Å². The molecule has 37 heavy (non-hydrogen) atoms. The van der Waals surface area contributed by atoms with Crippen molar-refractivity contribution >= 4 is 43.0 Å². The standard InChI is InChI=1S/C25H32N6O4S2/c1-17-4-7-21(14-23(17)37(26,34)35)30-25-28-15-18(2)24(31-25)29-20-8-5-19(6-9-20)16-27-12-3-13-36(32,33)22-10-11-22/h4-9,14-15,22,27H,3,10-13,16H2,1-2H3,(H2,26,34,35)(H2,28,29,30,31). The molecular formula is C25H32N6O4S2. The second-order valence-electron chi connectivity index (χ2n) is 9.29. The summed E-state index contributed by atoms with van der Waals surface area (Å²) in [5.41, 5.74) is 3.83. The van der Waals surface area contributed by atoms with E-state index in [0.717, 1.165) is 29.7 Å². The monoisotopic (exact) mass is 544 g/mol. The summed E-state index contributed by atoms with van der Waals surface area (Å²) in [6.07, 6.45) is 3.93. The number of nitrogens with zero attached hydrogens (tertiary/aromatic N) is 2. The summed E-state index contributed by atoms with van der Waals surface area (Å²) in [4.78, 5) is 8.87. The molecule has 3 aromatic rings. The average Bonchev–Trinajstić information content (AvgIpc) is 3.69. The predicted molar refractivity (Wildman–Crippen MR) is 145 cm³/mol. The van der Waals surface area contributed by atoms with Gasteiger partial charge < -0.3 is 16.0 Å². The molecule has 0 atom stereocenters. The van der Waals surface area contributed by atoms with E-state index in [-0.39, 0.29) is 15.9 Å². The van der Waals surface area contributed by atoms with E-state index in [2.05, 4.69) is 25.9 Å². The van der Waals surface area contributed by atoms with Gasteiger partial charge in [0.15, 0.2) is 9.84 Å². The second kappa shape index (κ2) is 11.1. The molecule has 0 bridgehead atoms. The van der Waals surface area contributed by atoms with Crippen LogP contribution in [0, 0.1) is 13.8 Å². The summed E-state index contributed by atoms with van der Waals surface area (Å²) >= 11 is 0. The van der Waals surface area contributed by atoms with Crippen molar-refractivity contribution in [2.75, 3.05) is 22.9 Å². The molecule has 1 fully saturated rings. The van der Waals surface area contributed by atoms with Crippen molar-refractivity contribution in [3.8, 4) is 0 Å². The molecule has 0 amide bonds. The van der Waals surface area contributed by atoms with E-state index in [1.54, 1.807) is 25.3 Å². The molecule has 198 valence electrons. The third-order valence-electron chi connectivity index (χ3n) is 6.08. The quantitative estimate of drug-likeness (QED) is 0.251. The first-order valence-electron chi connectivity index (χ1n) is 12.0. The van der Waals surface area contributed by atoms with Gasteiger partial charge in [-0.25, -0.2) is 27.0 Å². The van der Waals surface area contributed by atoms with E-state index in [1.807, 2.05) is 31.2 Å². The number of hydrogen-bond donors (Lipinski definition) is 4. The van der Waals surface area contributed by atoms with E-state index >= 15 is 0 Å². The molecule has 4 rings (SSSR count). The highest BCUT2D eigenvalue weighted by molar-refractivity contribution is 7.92. The van der Waals surface area contributed by atoms with Crippen LogP contribution in [0.3, 0.4) is 0 Å². The van der Waals surface area contributed by atoms with E-state index in [0.29, 0.717) is 42.5 Å². The lowest BCUT2D eigenvalue weighted by Crippen LogP contribution is -2.19. The van der Waals surface area contributed by atoms with Gasteiger partial charge in [0.05, 0.1) is 15.9 Å². The van der Waals surface area contributed by atoms with Crippen LogP contribution in [0.1, 0.15) is 36.0 Å².